The normalized spacial score (nSPS) is 24.5. The third-order valence-corrected chi connectivity index (χ3v) is 3.16. The summed E-state index contributed by atoms with van der Waals surface area (Å²) in [5.41, 5.74) is 0.780. The van der Waals surface area contributed by atoms with Crippen molar-refractivity contribution in [2.75, 3.05) is 11.9 Å². The number of halogens is 2. The van der Waals surface area contributed by atoms with E-state index in [2.05, 4.69) is 4.98 Å². The van der Waals surface area contributed by atoms with E-state index in [0.29, 0.717) is 17.1 Å². The average molecular weight is 243 g/mol. The monoisotopic (exact) mass is 242 g/mol. The Balaban J connectivity index is 2.55. The molecule has 2 atom stereocenters. The Hall–Kier alpha value is -1.16. The van der Waals surface area contributed by atoms with Crippen LogP contribution in [0.2, 0.25) is 5.02 Å². The van der Waals surface area contributed by atoms with Crippen molar-refractivity contribution in [3.8, 4) is 0 Å². The first-order valence-electron chi connectivity index (χ1n) is 5.13. The number of pyridine rings is 1. The quantitative estimate of drug-likeness (QED) is 0.759. The van der Waals surface area contributed by atoms with E-state index >= 15 is 0 Å². The largest absolute Gasteiger partial charge is 0.366 e. The first-order chi connectivity index (χ1) is 7.56. The number of Topliss-reactive ketones (excluding diaryl/α,β-unsaturated/α-hetero) is 1. The molecule has 0 amide bonds. The van der Waals surface area contributed by atoms with E-state index in [1.54, 1.807) is 18.0 Å². The number of carbonyl (C=O) groups is 1. The van der Waals surface area contributed by atoms with Crippen LogP contribution in [0, 0.1) is 0 Å². The topological polar surface area (TPSA) is 33.2 Å². The SMILES string of the molecule is CCC1C(F)C(=O)c2ncc(Cl)cc2N1C. The molecule has 0 bridgehead atoms. The second-order valence-electron chi connectivity index (χ2n) is 3.87. The highest BCUT2D eigenvalue weighted by Gasteiger charge is 2.39. The molecule has 1 aromatic heterocycles. The Morgan fingerprint density at radius 3 is 2.94 bits per heavy atom. The zero-order chi connectivity index (χ0) is 11.9. The summed E-state index contributed by atoms with van der Waals surface area (Å²) < 4.78 is 13.8. The molecule has 0 aromatic carbocycles. The number of nitrogens with zero attached hydrogens (tertiary/aromatic N) is 2. The van der Waals surface area contributed by atoms with Crippen LogP contribution in [0.3, 0.4) is 0 Å². The molecule has 1 aromatic rings. The summed E-state index contributed by atoms with van der Waals surface area (Å²) in [5, 5.41) is 0.450. The second-order valence-corrected chi connectivity index (χ2v) is 4.31. The van der Waals surface area contributed by atoms with Crippen LogP contribution in [0.4, 0.5) is 10.1 Å². The van der Waals surface area contributed by atoms with E-state index in [1.165, 1.54) is 6.20 Å². The maximum Gasteiger partial charge on any atom is 0.219 e. The van der Waals surface area contributed by atoms with Crippen molar-refractivity contribution in [2.24, 2.45) is 0 Å². The third-order valence-electron chi connectivity index (χ3n) is 2.95. The number of fused-ring (bicyclic) bond motifs is 1. The zero-order valence-corrected chi connectivity index (χ0v) is 9.83. The number of anilines is 1. The summed E-state index contributed by atoms with van der Waals surface area (Å²) in [6.07, 6.45) is 0.427. The highest BCUT2D eigenvalue weighted by atomic mass is 35.5. The van der Waals surface area contributed by atoms with Gasteiger partial charge in [0.15, 0.2) is 6.17 Å². The van der Waals surface area contributed by atoms with Gasteiger partial charge in [-0.3, -0.25) is 4.79 Å². The molecule has 0 N–H and O–H groups in total. The van der Waals surface area contributed by atoms with Crippen LogP contribution >= 0.6 is 11.6 Å². The molecule has 0 spiro atoms. The van der Waals surface area contributed by atoms with Crippen molar-refractivity contribution in [3.63, 3.8) is 0 Å². The fraction of sp³-hybridized carbons (Fsp3) is 0.455. The lowest BCUT2D eigenvalue weighted by molar-refractivity contribution is 0.0829. The molecule has 5 heteroatoms. The second kappa shape index (κ2) is 4.01. The van der Waals surface area contributed by atoms with Crippen molar-refractivity contribution in [3.05, 3.63) is 23.0 Å². The van der Waals surface area contributed by atoms with E-state index in [9.17, 15) is 9.18 Å². The summed E-state index contributed by atoms with van der Waals surface area (Å²) in [7, 11) is 1.75. The molecule has 16 heavy (non-hydrogen) atoms. The Bertz CT molecular complexity index is 438. The molecule has 3 nitrogen and oxygen atoms in total. The Labute approximate surface area is 98.2 Å². The highest BCUT2D eigenvalue weighted by Crippen LogP contribution is 2.32. The van der Waals surface area contributed by atoms with Gasteiger partial charge in [0, 0.05) is 13.2 Å². The molecule has 0 radical (unpaired) electrons. The van der Waals surface area contributed by atoms with Crippen molar-refractivity contribution in [2.45, 2.75) is 25.6 Å². The average Bonchev–Trinajstić information content (AvgIpc) is 2.27. The van der Waals surface area contributed by atoms with E-state index in [4.69, 9.17) is 11.6 Å². The van der Waals surface area contributed by atoms with Crippen LogP contribution < -0.4 is 4.90 Å². The Morgan fingerprint density at radius 2 is 2.31 bits per heavy atom. The van der Waals surface area contributed by atoms with Gasteiger partial charge in [-0.1, -0.05) is 18.5 Å². The number of hydrogen-bond donors (Lipinski definition) is 0. The predicted octanol–water partition coefficient (Wildman–Crippen LogP) is 2.48. The number of alkyl halides is 1. The Kier molecular flexibility index (Phi) is 2.84. The minimum absolute atomic E-state index is 0.170. The van der Waals surface area contributed by atoms with Gasteiger partial charge in [-0.15, -0.1) is 0 Å². The predicted molar refractivity (Wildman–Crippen MR) is 61.0 cm³/mol. The van der Waals surface area contributed by atoms with Crippen molar-refractivity contribution < 1.29 is 9.18 Å². The molecule has 86 valence electrons. The molecule has 0 saturated carbocycles. The number of aromatic nitrogens is 1. The molecule has 1 aliphatic heterocycles. The smallest absolute Gasteiger partial charge is 0.219 e. The number of rotatable bonds is 1. The number of hydrogen-bond acceptors (Lipinski definition) is 3. The van der Waals surface area contributed by atoms with Crippen LogP contribution in [0.5, 0.6) is 0 Å². The standard InChI is InChI=1S/C11H12ClFN2O/c1-3-7-9(13)11(16)10-8(15(7)2)4-6(12)5-14-10/h4-5,7,9H,3H2,1-2H3. The zero-order valence-electron chi connectivity index (χ0n) is 9.08. The van der Waals surface area contributed by atoms with E-state index < -0.39 is 18.0 Å². The number of carbonyl (C=O) groups excluding carboxylic acids is 1. The summed E-state index contributed by atoms with van der Waals surface area (Å²) in [5.74, 6) is -0.545. The maximum atomic E-state index is 13.8. The van der Waals surface area contributed by atoms with E-state index in [-0.39, 0.29) is 5.69 Å². The molecule has 2 heterocycles. The van der Waals surface area contributed by atoms with E-state index in [1.807, 2.05) is 6.92 Å². The molecule has 2 unspecified atom stereocenters. The van der Waals surface area contributed by atoms with Gasteiger partial charge in [0.1, 0.15) is 5.69 Å². The first-order valence-corrected chi connectivity index (χ1v) is 5.50. The fourth-order valence-electron chi connectivity index (χ4n) is 2.05. The highest BCUT2D eigenvalue weighted by molar-refractivity contribution is 6.31. The number of ketones is 1. The van der Waals surface area contributed by atoms with Crippen molar-refractivity contribution >= 4 is 23.1 Å². The molecular formula is C11H12ClFN2O. The summed E-state index contributed by atoms with van der Waals surface area (Å²) in [6.45, 7) is 1.85. The van der Waals surface area contributed by atoms with Gasteiger partial charge in [0.2, 0.25) is 5.78 Å². The molecule has 0 fully saturated rings. The van der Waals surface area contributed by atoms with Gasteiger partial charge in [-0.05, 0) is 12.5 Å². The van der Waals surface area contributed by atoms with Crippen LogP contribution in [0.25, 0.3) is 0 Å². The van der Waals surface area contributed by atoms with Gasteiger partial charge in [-0.25, -0.2) is 9.37 Å². The van der Waals surface area contributed by atoms with Crippen molar-refractivity contribution in [1.82, 2.24) is 4.98 Å². The fourth-order valence-corrected chi connectivity index (χ4v) is 2.20. The van der Waals surface area contributed by atoms with Gasteiger partial charge in [-0.2, -0.15) is 0 Å². The molecule has 1 aliphatic rings. The maximum absolute atomic E-state index is 13.8. The van der Waals surface area contributed by atoms with Crippen LogP contribution in [-0.4, -0.2) is 30.0 Å². The third kappa shape index (κ3) is 1.57. The summed E-state index contributed by atoms with van der Waals surface area (Å²) in [6, 6.07) is 1.22. The lowest BCUT2D eigenvalue weighted by atomic mass is 9.95. The van der Waals surface area contributed by atoms with Gasteiger partial charge in [0.05, 0.1) is 16.8 Å². The molecule has 2 rings (SSSR count). The van der Waals surface area contributed by atoms with Gasteiger partial charge in [0.25, 0.3) is 0 Å². The Morgan fingerprint density at radius 1 is 1.62 bits per heavy atom. The molecule has 0 saturated heterocycles. The summed E-state index contributed by atoms with van der Waals surface area (Å²) in [4.78, 5) is 17.4. The lowest BCUT2D eigenvalue weighted by Gasteiger charge is -2.36. The molecular weight excluding hydrogens is 231 g/mol. The van der Waals surface area contributed by atoms with Crippen molar-refractivity contribution in [1.29, 1.82) is 0 Å². The first kappa shape index (κ1) is 11.3. The van der Waals surface area contributed by atoms with Crippen LogP contribution in [0.1, 0.15) is 23.8 Å². The van der Waals surface area contributed by atoms with E-state index in [0.717, 1.165) is 0 Å². The minimum atomic E-state index is -1.50. The van der Waals surface area contributed by atoms with Crippen LogP contribution in [-0.2, 0) is 0 Å². The lowest BCUT2D eigenvalue weighted by Crippen LogP contribution is -2.47. The van der Waals surface area contributed by atoms with Gasteiger partial charge >= 0.3 is 0 Å². The molecule has 0 aliphatic carbocycles. The minimum Gasteiger partial charge on any atom is -0.366 e. The van der Waals surface area contributed by atoms with Gasteiger partial charge < -0.3 is 4.90 Å². The summed E-state index contributed by atoms with van der Waals surface area (Å²) >= 11 is 5.82. The van der Waals surface area contributed by atoms with Crippen LogP contribution in [0.15, 0.2) is 12.3 Å².